The van der Waals surface area contributed by atoms with Crippen LogP contribution in [-0.2, 0) is 6.54 Å². The molecule has 6 nitrogen and oxygen atoms in total. The van der Waals surface area contributed by atoms with Crippen LogP contribution in [0.1, 0.15) is 0 Å². The Morgan fingerprint density at radius 2 is 1.95 bits per heavy atom. The van der Waals surface area contributed by atoms with Crippen LogP contribution in [0.3, 0.4) is 0 Å². The van der Waals surface area contributed by atoms with E-state index in [0.29, 0.717) is 19.0 Å². The van der Waals surface area contributed by atoms with E-state index in [-0.39, 0.29) is 0 Å². The molecule has 0 fully saturated rings. The lowest BCUT2D eigenvalue weighted by Crippen LogP contribution is -2.09. The lowest BCUT2D eigenvalue weighted by Gasteiger charge is -2.05. The van der Waals surface area contributed by atoms with Gasteiger partial charge in [0.1, 0.15) is 12.3 Å². The Labute approximate surface area is 116 Å². The van der Waals surface area contributed by atoms with Gasteiger partial charge in [0.25, 0.3) is 0 Å². The third kappa shape index (κ3) is 2.97. The molecule has 0 aliphatic heterocycles. The minimum Gasteiger partial charge on any atom is -0.475 e. The molecule has 3 aromatic heterocycles. The van der Waals surface area contributed by atoms with E-state index in [2.05, 4.69) is 20.3 Å². The predicted octanol–water partition coefficient (Wildman–Crippen LogP) is 1.81. The molecule has 0 unspecified atom stereocenters. The summed E-state index contributed by atoms with van der Waals surface area (Å²) >= 11 is 0. The summed E-state index contributed by atoms with van der Waals surface area (Å²) in [7, 11) is 0. The van der Waals surface area contributed by atoms with E-state index < -0.39 is 0 Å². The Bertz CT molecular complexity index is 637. The summed E-state index contributed by atoms with van der Waals surface area (Å²) in [5, 5.41) is 12.2. The molecule has 3 aromatic rings. The number of rotatable bonds is 5. The smallest absolute Gasteiger partial charge is 0.233 e. The molecule has 3 rings (SSSR count). The third-order valence-electron chi connectivity index (χ3n) is 2.70. The summed E-state index contributed by atoms with van der Waals surface area (Å²) < 4.78 is 7.32. The first-order chi connectivity index (χ1) is 9.92. The topological polar surface area (TPSA) is 65.7 Å². The van der Waals surface area contributed by atoms with Crippen molar-refractivity contribution in [2.24, 2.45) is 0 Å². The largest absolute Gasteiger partial charge is 0.475 e. The Morgan fingerprint density at radius 1 is 0.950 bits per heavy atom. The molecule has 0 saturated carbocycles. The minimum atomic E-state index is 0.497. The second kappa shape index (κ2) is 5.92. The van der Waals surface area contributed by atoms with Crippen molar-refractivity contribution in [3.63, 3.8) is 0 Å². The molecule has 0 aliphatic carbocycles. The molecule has 0 bridgehead atoms. The summed E-state index contributed by atoms with van der Waals surface area (Å²) in [5.41, 5.74) is 1.52. The first-order valence-electron chi connectivity index (χ1n) is 6.27. The minimum absolute atomic E-state index is 0.497. The second-order valence-electron chi connectivity index (χ2n) is 4.09. The number of ether oxygens (including phenoxy) is 1. The summed E-state index contributed by atoms with van der Waals surface area (Å²) in [4.78, 5) is 4.22. The summed E-state index contributed by atoms with van der Waals surface area (Å²) in [6.07, 6.45) is 5.35. The van der Waals surface area contributed by atoms with Gasteiger partial charge in [-0.3, -0.25) is 9.67 Å². The molecule has 20 heavy (non-hydrogen) atoms. The van der Waals surface area contributed by atoms with E-state index in [0.717, 1.165) is 11.4 Å². The van der Waals surface area contributed by atoms with Gasteiger partial charge in [-0.2, -0.15) is 5.10 Å². The van der Waals surface area contributed by atoms with Crippen LogP contribution >= 0.6 is 0 Å². The lowest BCUT2D eigenvalue weighted by atomic mass is 10.2. The van der Waals surface area contributed by atoms with Crippen LogP contribution < -0.4 is 4.74 Å². The number of pyridine rings is 1. The zero-order chi connectivity index (χ0) is 13.6. The van der Waals surface area contributed by atoms with Crippen LogP contribution in [0.4, 0.5) is 0 Å². The Balaban J connectivity index is 1.59. The van der Waals surface area contributed by atoms with Crippen molar-refractivity contribution >= 4 is 0 Å². The number of hydrogen-bond donors (Lipinski definition) is 0. The SMILES string of the molecule is c1ccc(-c2ccc(OCCn3cccn3)nn2)nc1. The molecule has 6 heteroatoms. The molecule has 0 saturated heterocycles. The van der Waals surface area contributed by atoms with E-state index in [1.54, 1.807) is 23.1 Å². The van der Waals surface area contributed by atoms with Crippen LogP contribution in [0, 0.1) is 0 Å². The normalized spacial score (nSPS) is 10.4. The van der Waals surface area contributed by atoms with E-state index in [1.165, 1.54) is 0 Å². The van der Waals surface area contributed by atoms with Crippen LogP contribution in [0.2, 0.25) is 0 Å². The fourth-order valence-electron chi connectivity index (χ4n) is 1.72. The Kier molecular flexibility index (Phi) is 3.64. The van der Waals surface area contributed by atoms with E-state index in [9.17, 15) is 0 Å². The van der Waals surface area contributed by atoms with E-state index in [4.69, 9.17) is 4.74 Å². The molecular formula is C14H13N5O. The van der Waals surface area contributed by atoms with Gasteiger partial charge < -0.3 is 4.74 Å². The highest BCUT2D eigenvalue weighted by Gasteiger charge is 2.02. The maximum absolute atomic E-state index is 5.52. The molecule has 0 radical (unpaired) electrons. The molecule has 0 spiro atoms. The van der Waals surface area contributed by atoms with E-state index >= 15 is 0 Å². The van der Waals surface area contributed by atoms with Gasteiger partial charge in [-0.25, -0.2) is 0 Å². The van der Waals surface area contributed by atoms with Gasteiger partial charge in [-0.05, 0) is 24.3 Å². The van der Waals surface area contributed by atoms with Crippen LogP contribution in [0.25, 0.3) is 11.4 Å². The molecular weight excluding hydrogens is 254 g/mol. The van der Waals surface area contributed by atoms with Crippen molar-refractivity contribution in [1.29, 1.82) is 0 Å². The van der Waals surface area contributed by atoms with Gasteiger partial charge in [-0.1, -0.05) is 6.07 Å². The number of aromatic nitrogens is 5. The predicted molar refractivity (Wildman–Crippen MR) is 73.0 cm³/mol. The van der Waals surface area contributed by atoms with Gasteiger partial charge in [0.05, 0.1) is 12.2 Å². The molecule has 0 atom stereocenters. The van der Waals surface area contributed by atoms with Crippen molar-refractivity contribution in [2.75, 3.05) is 6.61 Å². The quantitative estimate of drug-likeness (QED) is 0.705. The average molecular weight is 267 g/mol. The van der Waals surface area contributed by atoms with Crippen molar-refractivity contribution in [1.82, 2.24) is 25.0 Å². The molecule has 0 aromatic carbocycles. The van der Waals surface area contributed by atoms with Crippen LogP contribution in [-0.4, -0.2) is 31.6 Å². The summed E-state index contributed by atoms with van der Waals surface area (Å²) in [5.74, 6) is 0.497. The van der Waals surface area contributed by atoms with Gasteiger partial charge in [0.15, 0.2) is 0 Å². The average Bonchev–Trinajstić information content (AvgIpc) is 3.02. The van der Waals surface area contributed by atoms with Gasteiger partial charge >= 0.3 is 0 Å². The highest BCUT2D eigenvalue weighted by Crippen LogP contribution is 2.14. The van der Waals surface area contributed by atoms with Gasteiger partial charge in [0.2, 0.25) is 5.88 Å². The maximum Gasteiger partial charge on any atom is 0.233 e. The molecule has 0 N–H and O–H groups in total. The van der Waals surface area contributed by atoms with Crippen molar-refractivity contribution in [3.05, 3.63) is 55.0 Å². The molecule has 0 amide bonds. The standard InChI is InChI=1S/C14H13N5O/c1-2-7-15-12(4-1)13-5-6-14(18-17-13)20-11-10-19-9-3-8-16-19/h1-9H,10-11H2. The fraction of sp³-hybridized carbons (Fsp3) is 0.143. The summed E-state index contributed by atoms with van der Waals surface area (Å²) in [6.45, 7) is 1.18. The molecule has 3 heterocycles. The van der Waals surface area contributed by atoms with Crippen molar-refractivity contribution < 1.29 is 4.74 Å². The highest BCUT2D eigenvalue weighted by molar-refractivity contribution is 5.52. The highest BCUT2D eigenvalue weighted by atomic mass is 16.5. The second-order valence-corrected chi connectivity index (χ2v) is 4.09. The molecule has 100 valence electrons. The van der Waals surface area contributed by atoms with Crippen molar-refractivity contribution in [2.45, 2.75) is 6.54 Å². The lowest BCUT2D eigenvalue weighted by molar-refractivity contribution is 0.278. The van der Waals surface area contributed by atoms with Gasteiger partial charge in [-0.15, -0.1) is 10.2 Å². The zero-order valence-electron chi connectivity index (χ0n) is 10.8. The first-order valence-corrected chi connectivity index (χ1v) is 6.27. The Hall–Kier alpha value is -2.76. The van der Waals surface area contributed by atoms with Crippen LogP contribution in [0.15, 0.2) is 55.0 Å². The number of nitrogens with zero attached hydrogens (tertiary/aromatic N) is 5. The monoisotopic (exact) mass is 267 g/mol. The Morgan fingerprint density at radius 3 is 2.65 bits per heavy atom. The third-order valence-corrected chi connectivity index (χ3v) is 2.70. The maximum atomic E-state index is 5.52. The summed E-state index contributed by atoms with van der Waals surface area (Å²) in [6, 6.07) is 11.2. The first kappa shape index (κ1) is 12.3. The fourth-order valence-corrected chi connectivity index (χ4v) is 1.72. The molecule has 0 aliphatic rings. The number of hydrogen-bond acceptors (Lipinski definition) is 5. The van der Waals surface area contributed by atoms with Crippen molar-refractivity contribution in [3.8, 4) is 17.3 Å². The van der Waals surface area contributed by atoms with Gasteiger partial charge in [0, 0.05) is 24.7 Å². The van der Waals surface area contributed by atoms with Crippen LogP contribution in [0.5, 0.6) is 5.88 Å². The zero-order valence-corrected chi connectivity index (χ0v) is 10.8. The van der Waals surface area contributed by atoms with E-state index in [1.807, 2.05) is 36.5 Å².